The maximum Gasteiger partial charge on any atom is 0.401 e. The Morgan fingerprint density at radius 2 is 2.05 bits per heavy atom. The van der Waals surface area contributed by atoms with Gasteiger partial charge in [0, 0.05) is 19.1 Å². The second kappa shape index (κ2) is 6.75. The lowest BCUT2D eigenvalue weighted by Gasteiger charge is -2.38. The molecule has 1 aliphatic rings. The third-order valence-corrected chi connectivity index (χ3v) is 3.88. The average Bonchev–Trinajstić information content (AvgIpc) is 2.44. The number of likely N-dealkylation sites (N-methyl/N-ethyl adjacent to an activating group) is 1. The van der Waals surface area contributed by atoms with Crippen molar-refractivity contribution in [2.75, 3.05) is 26.2 Å². The van der Waals surface area contributed by atoms with Gasteiger partial charge in [-0.15, -0.1) is 0 Å². The van der Waals surface area contributed by atoms with Gasteiger partial charge in [0.1, 0.15) is 5.82 Å². The molecule has 6 heteroatoms. The van der Waals surface area contributed by atoms with E-state index < -0.39 is 12.7 Å². The van der Waals surface area contributed by atoms with E-state index in [4.69, 9.17) is 0 Å². The van der Waals surface area contributed by atoms with Crippen LogP contribution in [0.2, 0.25) is 0 Å². The van der Waals surface area contributed by atoms with E-state index in [0.29, 0.717) is 13.0 Å². The summed E-state index contributed by atoms with van der Waals surface area (Å²) in [5.74, 6) is -0.249. The molecule has 1 aromatic rings. The van der Waals surface area contributed by atoms with Crippen LogP contribution in [0, 0.1) is 5.82 Å². The van der Waals surface area contributed by atoms with E-state index in [2.05, 4.69) is 10.2 Å². The zero-order chi connectivity index (χ0) is 15.5. The molecule has 1 aromatic carbocycles. The summed E-state index contributed by atoms with van der Waals surface area (Å²) in [6.07, 6.45) is -3.61. The third kappa shape index (κ3) is 4.97. The van der Waals surface area contributed by atoms with E-state index in [-0.39, 0.29) is 17.8 Å². The van der Waals surface area contributed by atoms with Crippen molar-refractivity contribution in [2.24, 2.45) is 0 Å². The van der Waals surface area contributed by atoms with E-state index in [0.717, 1.165) is 18.7 Å². The Bertz CT molecular complexity index is 461. The van der Waals surface area contributed by atoms with E-state index in [1.54, 1.807) is 6.07 Å². The summed E-state index contributed by atoms with van der Waals surface area (Å²) in [5.41, 5.74) is 0.854. The average molecular weight is 304 g/mol. The first kappa shape index (κ1) is 16.2. The Labute approximate surface area is 122 Å². The Morgan fingerprint density at radius 1 is 1.29 bits per heavy atom. The van der Waals surface area contributed by atoms with Crippen LogP contribution in [0.15, 0.2) is 24.3 Å². The van der Waals surface area contributed by atoms with Gasteiger partial charge in [-0.25, -0.2) is 4.39 Å². The smallest absolute Gasteiger partial charge is 0.305 e. The fourth-order valence-electron chi connectivity index (χ4n) is 2.86. The number of benzene rings is 1. The summed E-state index contributed by atoms with van der Waals surface area (Å²) in [4.78, 5) is 2.10. The number of halogens is 4. The Hall–Kier alpha value is -1.14. The molecule has 118 valence electrons. The maximum absolute atomic E-state index is 13.3. The summed E-state index contributed by atoms with van der Waals surface area (Å²) in [7, 11) is 0. The van der Waals surface area contributed by atoms with Gasteiger partial charge in [-0.1, -0.05) is 19.1 Å². The quantitative estimate of drug-likeness (QED) is 0.860. The van der Waals surface area contributed by atoms with Gasteiger partial charge in [-0.3, -0.25) is 0 Å². The van der Waals surface area contributed by atoms with E-state index in [1.165, 1.54) is 12.1 Å². The van der Waals surface area contributed by atoms with Crippen LogP contribution in [0.1, 0.15) is 24.8 Å². The molecule has 2 atom stereocenters. The van der Waals surface area contributed by atoms with Crippen LogP contribution < -0.4 is 5.32 Å². The molecule has 0 saturated carbocycles. The number of rotatable bonds is 4. The number of hydrogen-bond donors (Lipinski definition) is 1. The highest BCUT2D eigenvalue weighted by Crippen LogP contribution is 2.28. The zero-order valence-corrected chi connectivity index (χ0v) is 12.0. The lowest BCUT2D eigenvalue weighted by Crippen LogP contribution is -2.50. The maximum atomic E-state index is 13.3. The molecule has 1 N–H and O–H groups in total. The van der Waals surface area contributed by atoms with E-state index >= 15 is 0 Å². The minimum absolute atomic E-state index is 0.0557. The monoisotopic (exact) mass is 304 g/mol. The molecule has 1 heterocycles. The molecule has 2 unspecified atom stereocenters. The van der Waals surface area contributed by atoms with Crippen molar-refractivity contribution in [3.8, 4) is 0 Å². The molecular weight excluding hydrogens is 284 g/mol. The predicted molar refractivity (Wildman–Crippen MR) is 73.7 cm³/mol. The van der Waals surface area contributed by atoms with Gasteiger partial charge in [0.05, 0.1) is 6.54 Å². The summed E-state index contributed by atoms with van der Waals surface area (Å²) < 4.78 is 50.3. The van der Waals surface area contributed by atoms with Gasteiger partial charge in [0.25, 0.3) is 0 Å². The number of nitrogens with zero attached hydrogens (tertiary/aromatic N) is 1. The van der Waals surface area contributed by atoms with E-state index in [1.807, 2.05) is 13.0 Å². The molecule has 1 aliphatic heterocycles. The summed E-state index contributed by atoms with van der Waals surface area (Å²) in [6.45, 7) is 3.12. The molecular formula is C15H20F4N2. The second-order valence-corrected chi connectivity index (χ2v) is 5.53. The van der Waals surface area contributed by atoms with Gasteiger partial charge in [0.2, 0.25) is 0 Å². The molecule has 0 aliphatic carbocycles. The SMILES string of the molecule is CCN1CC(NCC(F)(F)F)CC(c2cccc(F)c2)C1. The highest BCUT2D eigenvalue weighted by atomic mass is 19.4. The first-order chi connectivity index (χ1) is 9.87. The third-order valence-electron chi connectivity index (χ3n) is 3.88. The van der Waals surface area contributed by atoms with Crippen molar-refractivity contribution in [3.63, 3.8) is 0 Å². The topological polar surface area (TPSA) is 15.3 Å². The lowest BCUT2D eigenvalue weighted by molar-refractivity contribution is -0.127. The standard InChI is InChI=1S/C15H20F4N2/c1-2-21-8-12(11-4-3-5-13(16)6-11)7-14(9-21)20-10-15(17,18)19/h3-6,12,14,20H,2,7-10H2,1H3. The first-order valence-electron chi connectivity index (χ1n) is 7.15. The van der Waals surface area contributed by atoms with Crippen LogP contribution >= 0.6 is 0 Å². The molecule has 0 amide bonds. The molecule has 1 saturated heterocycles. The minimum atomic E-state index is -4.21. The lowest BCUT2D eigenvalue weighted by atomic mass is 9.88. The fourth-order valence-corrected chi connectivity index (χ4v) is 2.86. The summed E-state index contributed by atoms with van der Waals surface area (Å²) in [5, 5.41) is 2.58. The summed E-state index contributed by atoms with van der Waals surface area (Å²) in [6, 6.07) is 6.11. The van der Waals surface area contributed by atoms with Gasteiger partial charge in [0.15, 0.2) is 0 Å². The molecule has 21 heavy (non-hydrogen) atoms. The number of likely N-dealkylation sites (tertiary alicyclic amines) is 1. The molecule has 0 aromatic heterocycles. The highest BCUT2D eigenvalue weighted by Gasteiger charge is 2.32. The normalized spacial score (nSPS) is 24.2. The van der Waals surface area contributed by atoms with Crippen molar-refractivity contribution >= 4 is 0 Å². The zero-order valence-electron chi connectivity index (χ0n) is 12.0. The van der Waals surface area contributed by atoms with Gasteiger partial charge in [-0.05, 0) is 36.6 Å². The van der Waals surface area contributed by atoms with Crippen molar-refractivity contribution in [3.05, 3.63) is 35.6 Å². The number of piperidine rings is 1. The predicted octanol–water partition coefficient (Wildman–Crippen LogP) is 3.16. The Morgan fingerprint density at radius 3 is 2.67 bits per heavy atom. The molecule has 1 fully saturated rings. The molecule has 2 nitrogen and oxygen atoms in total. The molecule has 0 bridgehead atoms. The van der Waals surface area contributed by atoms with Crippen LogP contribution in [-0.4, -0.2) is 43.3 Å². The second-order valence-electron chi connectivity index (χ2n) is 5.53. The van der Waals surface area contributed by atoms with Crippen LogP contribution in [-0.2, 0) is 0 Å². The van der Waals surface area contributed by atoms with Crippen molar-refractivity contribution in [1.82, 2.24) is 10.2 Å². The number of hydrogen-bond acceptors (Lipinski definition) is 2. The summed E-state index contributed by atoms with van der Waals surface area (Å²) >= 11 is 0. The van der Waals surface area contributed by atoms with Crippen LogP contribution in [0.5, 0.6) is 0 Å². The van der Waals surface area contributed by atoms with Crippen LogP contribution in [0.4, 0.5) is 17.6 Å². The minimum Gasteiger partial charge on any atom is -0.305 e. The highest BCUT2D eigenvalue weighted by molar-refractivity contribution is 5.22. The van der Waals surface area contributed by atoms with Crippen molar-refractivity contribution in [1.29, 1.82) is 0 Å². The molecule has 0 spiro atoms. The van der Waals surface area contributed by atoms with Crippen LogP contribution in [0.3, 0.4) is 0 Å². The van der Waals surface area contributed by atoms with Gasteiger partial charge < -0.3 is 10.2 Å². The number of alkyl halides is 3. The molecule has 0 radical (unpaired) electrons. The van der Waals surface area contributed by atoms with Crippen LogP contribution in [0.25, 0.3) is 0 Å². The van der Waals surface area contributed by atoms with Gasteiger partial charge >= 0.3 is 6.18 Å². The Balaban J connectivity index is 2.05. The van der Waals surface area contributed by atoms with Gasteiger partial charge in [-0.2, -0.15) is 13.2 Å². The first-order valence-corrected chi connectivity index (χ1v) is 7.15. The fraction of sp³-hybridized carbons (Fsp3) is 0.600. The Kier molecular flexibility index (Phi) is 5.22. The van der Waals surface area contributed by atoms with Crippen molar-refractivity contribution < 1.29 is 17.6 Å². The molecule has 2 rings (SSSR count). The largest absolute Gasteiger partial charge is 0.401 e. The number of nitrogens with one attached hydrogen (secondary N) is 1. The van der Waals surface area contributed by atoms with E-state index in [9.17, 15) is 17.6 Å². The van der Waals surface area contributed by atoms with Crippen molar-refractivity contribution in [2.45, 2.75) is 31.5 Å².